The Balaban J connectivity index is 1.75. The lowest BCUT2D eigenvalue weighted by atomic mass is 10.1. The van der Waals surface area contributed by atoms with Crippen molar-refractivity contribution in [1.82, 2.24) is 20.0 Å². The number of hydrogen-bond acceptors (Lipinski definition) is 6. The summed E-state index contributed by atoms with van der Waals surface area (Å²) in [5.41, 5.74) is 4.67. The highest BCUT2D eigenvalue weighted by molar-refractivity contribution is 9.10. The van der Waals surface area contributed by atoms with E-state index in [1.807, 2.05) is 29.6 Å². The van der Waals surface area contributed by atoms with Crippen LogP contribution < -0.4 is 15.0 Å². The molecule has 3 aromatic rings. The standard InChI is InChI=1S/C18H18BrN5O2S/c1-12(2)24-15(13-3-5-14(19)6-4-13)11-27-18(24)23-22-16(25)10-26-17-9-20-7-8-21-17/h3-9,11-12H,10H2,1-2H3,(H,22,25)/b23-18-. The van der Waals surface area contributed by atoms with Gasteiger partial charge in [0.15, 0.2) is 6.61 Å². The molecule has 0 atom stereocenters. The van der Waals surface area contributed by atoms with Gasteiger partial charge in [-0.05, 0) is 31.5 Å². The summed E-state index contributed by atoms with van der Waals surface area (Å²) in [6.45, 7) is 3.97. The molecule has 1 amide bonds. The summed E-state index contributed by atoms with van der Waals surface area (Å²) in [6, 6.07) is 8.27. The molecule has 9 heteroatoms. The smallest absolute Gasteiger partial charge is 0.278 e. The number of nitrogens with one attached hydrogen (secondary N) is 1. The number of nitrogens with zero attached hydrogens (tertiary/aromatic N) is 4. The number of benzene rings is 1. The first-order valence-electron chi connectivity index (χ1n) is 8.22. The molecule has 0 bridgehead atoms. The van der Waals surface area contributed by atoms with Crippen LogP contribution in [0.5, 0.6) is 5.88 Å². The minimum Gasteiger partial charge on any atom is -0.466 e. The first-order chi connectivity index (χ1) is 13.0. The Hall–Kier alpha value is -2.52. The SMILES string of the molecule is CC(C)n1c(-c2ccc(Br)cc2)cs/c1=N\NC(=O)COc1cnccn1. The van der Waals surface area contributed by atoms with E-state index in [-0.39, 0.29) is 18.6 Å². The molecule has 27 heavy (non-hydrogen) atoms. The van der Waals surface area contributed by atoms with E-state index in [9.17, 15) is 4.79 Å². The summed E-state index contributed by atoms with van der Waals surface area (Å²) in [5, 5.41) is 6.29. The van der Waals surface area contributed by atoms with Crippen molar-refractivity contribution in [3.8, 4) is 17.1 Å². The number of rotatable bonds is 6. The number of carbonyl (C=O) groups is 1. The number of halogens is 1. The highest BCUT2D eigenvalue weighted by Crippen LogP contribution is 2.24. The number of carbonyl (C=O) groups excluding carboxylic acids is 1. The average molecular weight is 448 g/mol. The second-order valence-corrected chi connectivity index (χ2v) is 7.61. The number of thiazole rings is 1. The summed E-state index contributed by atoms with van der Waals surface area (Å²) in [7, 11) is 0. The number of aromatic nitrogens is 3. The van der Waals surface area contributed by atoms with Gasteiger partial charge in [0.1, 0.15) is 0 Å². The third-order valence-electron chi connectivity index (χ3n) is 3.56. The van der Waals surface area contributed by atoms with Crippen molar-refractivity contribution in [2.45, 2.75) is 19.9 Å². The van der Waals surface area contributed by atoms with Gasteiger partial charge in [-0.15, -0.1) is 16.4 Å². The van der Waals surface area contributed by atoms with E-state index < -0.39 is 0 Å². The molecule has 1 aromatic carbocycles. The molecule has 0 unspecified atom stereocenters. The molecule has 0 aliphatic rings. The van der Waals surface area contributed by atoms with Crippen molar-refractivity contribution in [2.75, 3.05) is 6.61 Å². The molecule has 2 heterocycles. The Bertz CT molecular complexity index is 967. The van der Waals surface area contributed by atoms with E-state index >= 15 is 0 Å². The number of ether oxygens (including phenoxy) is 1. The third-order valence-corrected chi connectivity index (χ3v) is 4.93. The van der Waals surface area contributed by atoms with Gasteiger partial charge < -0.3 is 9.30 Å². The Morgan fingerprint density at radius 3 is 2.78 bits per heavy atom. The van der Waals surface area contributed by atoms with Crippen LogP contribution >= 0.6 is 27.3 Å². The van der Waals surface area contributed by atoms with E-state index in [0.29, 0.717) is 10.7 Å². The normalized spacial score (nSPS) is 11.6. The molecule has 3 rings (SSSR count). The lowest BCUT2D eigenvalue weighted by Gasteiger charge is -2.13. The van der Waals surface area contributed by atoms with Crippen molar-refractivity contribution < 1.29 is 9.53 Å². The number of hydrogen-bond donors (Lipinski definition) is 1. The molecule has 0 aliphatic heterocycles. The monoisotopic (exact) mass is 447 g/mol. The number of amides is 1. The van der Waals surface area contributed by atoms with Gasteiger partial charge in [0.2, 0.25) is 10.7 Å². The molecule has 140 valence electrons. The highest BCUT2D eigenvalue weighted by atomic mass is 79.9. The van der Waals surface area contributed by atoms with Gasteiger partial charge in [-0.25, -0.2) is 10.4 Å². The van der Waals surface area contributed by atoms with Crippen molar-refractivity contribution >= 4 is 33.2 Å². The van der Waals surface area contributed by atoms with Crippen LogP contribution in [0.1, 0.15) is 19.9 Å². The Morgan fingerprint density at radius 1 is 1.33 bits per heavy atom. The van der Waals surface area contributed by atoms with Crippen LogP contribution in [0.2, 0.25) is 0 Å². The van der Waals surface area contributed by atoms with Crippen LogP contribution in [0.4, 0.5) is 0 Å². The molecule has 0 spiro atoms. The Morgan fingerprint density at radius 2 is 2.11 bits per heavy atom. The predicted octanol–water partition coefficient (Wildman–Crippen LogP) is 3.36. The second-order valence-electron chi connectivity index (χ2n) is 5.85. The van der Waals surface area contributed by atoms with Gasteiger partial charge in [-0.2, -0.15) is 0 Å². The van der Waals surface area contributed by atoms with E-state index in [1.165, 1.54) is 29.9 Å². The molecule has 2 aromatic heterocycles. The highest BCUT2D eigenvalue weighted by Gasteiger charge is 2.11. The van der Waals surface area contributed by atoms with Gasteiger partial charge in [0.25, 0.3) is 5.91 Å². The van der Waals surface area contributed by atoms with Crippen LogP contribution in [0.3, 0.4) is 0 Å². The molecule has 1 N–H and O–H groups in total. The maximum absolute atomic E-state index is 12.0. The Kier molecular flexibility index (Phi) is 6.36. The summed E-state index contributed by atoms with van der Waals surface area (Å²) < 4.78 is 8.37. The van der Waals surface area contributed by atoms with E-state index in [0.717, 1.165) is 15.7 Å². The molecule has 0 saturated heterocycles. The summed E-state index contributed by atoms with van der Waals surface area (Å²) in [5.74, 6) is -0.0758. The fraction of sp³-hybridized carbons (Fsp3) is 0.222. The maximum Gasteiger partial charge on any atom is 0.278 e. The topological polar surface area (TPSA) is 81.4 Å². The predicted molar refractivity (Wildman–Crippen MR) is 107 cm³/mol. The minimum absolute atomic E-state index is 0.182. The maximum atomic E-state index is 12.0. The van der Waals surface area contributed by atoms with Gasteiger partial charge in [-0.1, -0.05) is 28.1 Å². The van der Waals surface area contributed by atoms with E-state index in [1.54, 1.807) is 0 Å². The lowest BCUT2D eigenvalue weighted by molar-refractivity contribution is -0.123. The van der Waals surface area contributed by atoms with Crippen molar-refractivity contribution in [3.05, 3.63) is 57.5 Å². The van der Waals surface area contributed by atoms with Gasteiger partial charge in [0, 0.05) is 28.3 Å². The minimum atomic E-state index is -0.366. The molecule has 0 saturated carbocycles. The zero-order chi connectivity index (χ0) is 19.2. The summed E-state index contributed by atoms with van der Waals surface area (Å²) >= 11 is 4.92. The van der Waals surface area contributed by atoms with Crippen LogP contribution in [0.15, 0.2) is 57.8 Å². The summed E-state index contributed by atoms with van der Waals surface area (Å²) in [4.78, 5) is 20.5. The van der Waals surface area contributed by atoms with Crippen LogP contribution in [0.25, 0.3) is 11.3 Å². The van der Waals surface area contributed by atoms with E-state index in [2.05, 4.69) is 54.8 Å². The largest absolute Gasteiger partial charge is 0.466 e. The molecule has 7 nitrogen and oxygen atoms in total. The van der Waals surface area contributed by atoms with Crippen molar-refractivity contribution in [1.29, 1.82) is 0 Å². The zero-order valence-corrected chi connectivity index (χ0v) is 17.2. The molecule has 0 radical (unpaired) electrons. The molecular formula is C18H18BrN5O2S. The average Bonchev–Trinajstić information content (AvgIpc) is 3.10. The van der Waals surface area contributed by atoms with E-state index in [4.69, 9.17) is 4.74 Å². The first kappa shape index (κ1) is 19.2. The van der Waals surface area contributed by atoms with Gasteiger partial charge >= 0.3 is 0 Å². The third kappa shape index (κ3) is 5.01. The fourth-order valence-electron chi connectivity index (χ4n) is 2.37. The zero-order valence-electron chi connectivity index (χ0n) is 14.8. The fourth-order valence-corrected chi connectivity index (χ4v) is 3.63. The van der Waals surface area contributed by atoms with Crippen LogP contribution in [0, 0.1) is 0 Å². The summed E-state index contributed by atoms with van der Waals surface area (Å²) in [6.07, 6.45) is 4.48. The van der Waals surface area contributed by atoms with Gasteiger partial charge in [-0.3, -0.25) is 9.78 Å². The van der Waals surface area contributed by atoms with Crippen molar-refractivity contribution in [3.63, 3.8) is 0 Å². The van der Waals surface area contributed by atoms with Crippen LogP contribution in [-0.2, 0) is 4.79 Å². The quantitative estimate of drug-likeness (QED) is 0.587. The van der Waals surface area contributed by atoms with Gasteiger partial charge in [0.05, 0.1) is 11.9 Å². The lowest BCUT2D eigenvalue weighted by Crippen LogP contribution is -2.29. The second kappa shape index (κ2) is 8.92. The van der Waals surface area contributed by atoms with Crippen molar-refractivity contribution in [2.24, 2.45) is 5.10 Å². The molecular weight excluding hydrogens is 430 g/mol. The molecule has 0 aliphatic carbocycles. The Labute approximate surface area is 168 Å². The van der Waals surface area contributed by atoms with Crippen LogP contribution in [-0.4, -0.2) is 27.0 Å². The molecule has 0 fully saturated rings. The first-order valence-corrected chi connectivity index (χ1v) is 9.89.